The predicted octanol–water partition coefficient (Wildman–Crippen LogP) is 4.81. The Balaban J connectivity index is 2.27. The minimum absolute atomic E-state index is 0.0430. The van der Waals surface area contributed by atoms with Gasteiger partial charge in [0, 0.05) is 6.42 Å². The van der Waals surface area contributed by atoms with Crippen molar-refractivity contribution < 1.29 is 22.9 Å². The lowest BCUT2D eigenvalue weighted by atomic mass is 9.78. The second-order valence-electron chi connectivity index (χ2n) is 9.56. The molecule has 3 N–H and O–H groups in total. The highest BCUT2D eigenvalue weighted by Gasteiger charge is 2.26. The first-order valence-corrected chi connectivity index (χ1v) is 11.3. The summed E-state index contributed by atoms with van der Waals surface area (Å²) in [5, 5.41) is 13.4. The first-order chi connectivity index (χ1) is 13.6. The number of nitrogens with one attached hydrogen (secondary N) is 1. The Labute approximate surface area is 179 Å². The van der Waals surface area contributed by atoms with E-state index in [1.807, 2.05) is 53.7 Å². The quantitative estimate of drug-likeness (QED) is 0.587. The lowest BCUT2D eigenvalue weighted by Crippen LogP contribution is -2.19. The fourth-order valence-electron chi connectivity index (χ4n) is 3.25. The molecule has 0 aliphatic carbocycles. The smallest absolute Gasteiger partial charge is 0.296 e. The van der Waals surface area contributed by atoms with E-state index in [1.54, 1.807) is 6.07 Å². The topological polar surface area (TPSA) is 104 Å². The summed E-state index contributed by atoms with van der Waals surface area (Å²) in [5.74, 6) is -0.0842. The van der Waals surface area contributed by atoms with Gasteiger partial charge in [-0.05, 0) is 46.1 Å². The van der Waals surface area contributed by atoms with Crippen molar-refractivity contribution in [3.8, 4) is 5.75 Å². The van der Waals surface area contributed by atoms with Gasteiger partial charge in [-0.25, -0.2) is 0 Å². The summed E-state index contributed by atoms with van der Waals surface area (Å²) >= 11 is 0. The highest BCUT2D eigenvalue weighted by atomic mass is 32.2. The molecule has 0 heterocycles. The Morgan fingerprint density at radius 2 is 1.47 bits per heavy atom. The summed E-state index contributed by atoms with van der Waals surface area (Å²) in [6, 6.07) is 9.55. The van der Waals surface area contributed by atoms with Crippen molar-refractivity contribution >= 4 is 21.7 Å². The van der Waals surface area contributed by atoms with Gasteiger partial charge in [-0.1, -0.05) is 65.8 Å². The molecule has 2 rings (SSSR count). The molecular formula is C23H31NO5S. The second-order valence-corrected chi connectivity index (χ2v) is 10.9. The van der Waals surface area contributed by atoms with E-state index in [1.165, 1.54) is 18.2 Å². The molecule has 0 bridgehead atoms. The number of hydrogen-bond donors (Lipinski definition) is 3. The summed E-state index contributed by atoms with van der Waals surface area (Å²) in [5.41, 5.74) is 2.07. The van der Waals surface area contributed by atoms with Gasteiger partial charge < -0.3 is 10.4 Å². The largest absolute Gasteiger partial charge is 0.507 e. The number of carbonyl (C=O) groups excluding carboxylic acids is 1. The van der Waals surface area contributed by atoms with Crippen LogP contribution in [0.1, 0.15) is 64.7 Å². The van der Waals surface area contributed by atoms with Crippen molar-refractivity contribution in [2.45, 2.75) is 70.1 Å². The third-order valence-electron chi connectivity index (χ3n) is 4.87. The normalized spacial score (nSPS) is 12.6. The minimum Gasteiger partial charge on any atom is -0.507 e. The number of hydrogen-bond acceptors (Lipinski definition) is 4. The van der Waals surface area contributed by atoms with E-state index in [-0.39, 0.29) is 39.5 Å². The molecule has 7 heteroatoms. The van der Waals surface area contributed by atoms with Crippen LogP contribution < -0.4 is 5.32 Å². The maximum atomic E-state index is 12.5. The van der Waals surface area contributed by atoms with E-state index < -0.39 is 10.1 Å². The van der Waals surface area contributed by atoms with Crippen molar-refractivity contribution in [1.82, 2.24) is 0 Å². The van der Waals surface area contributed by atoms with Gasteiger partial charge >= 0.3 is 0 Å². The summed E-state index contributed by atoms with van der Waals surface area (Å²) in [7, 11) is -4.44. The molecule has 0 aliphatic heterocycles. The molecule has 0 atom stereocenters. The van der Waals surface area contributed by atoms with Crippen molar-refractivity contribution in [2.24, 2.45) is 0 Å². The SMILES string of the molecule is CC(C)(C)c1cc(CCC(=O)Nc2ccccc2S(=O)(=O)O)cc(C(C)(C)C)c1O. The van der Waals surface area contributed by atoms with Gasteiger partial charge in [0.15, 0.2) is 0 Å². The van der Waals surface area contributed by atoms with Crippen LogP contribution in [-0.4, -0.2) is 24.0 Å². The van der Waals surface area contributed by atoms with Gasteiger partial charge in [-0.2, -0.15) is 8.42 Å². The van der Waals surface area contributed by atoms with E-state index in [2.05, 4.69) is 5.32 Å². The number of phenols is 1. The fraction of sp³-hybridized carbons (Fsp3) is 0.435. The van der Waals surface area contributed by atoms with Crippen LogP contribution in [0.25, 0.3) is 0 Å². The molecule has 0 fully saturated rings. The Morgan fingerprint density at radius 1 is 0.967 bits per heavy atom. The van der Waals surface area contributed by atoms with Crippen molar-refractivity contribution in [2.75, 3.05) is 5.32 Å². The van der Waals surface area contributed by atoms with Crippen LogP contribution in [0.15, 0.2) is 41.3 Å². The molecule has 2 aromatic carbocycles. The van der Waals surface area contributed by atoms with Crippen LogP contribution in [-0.2, 0) is 32.2 Å². The van der Waals surface area contributed by atoms with Crippen molar-refractivity contribution in [3.05, 3.63) is 53.1 Å². The highest BCUT2D eigenvalue weighted by molar-refractivity contribution is 7.86. The molecule has 0 aromatic heterocycles. The van der Waals surface area contributed by atoms with Crippen LogP contribution in [0, 0.1) is 0 Å². The Hall–Kier alpha value is -2.38. The predicted molar refractivity (Wildman–Crippen MR) is 119 cm³/mol. The average Bonchev–Trinajstić information content (AvgIpc) is 2.58. The number of amides is 1. The van der Waals surface area contributed by atoms with E-state index in [0.29, 0.717) is 6.42 Å². The molecule has 0 unspecified atom stereocenters. The third-order valence-corrected chi connectivity index (χ3v) is 5.78. The number of para-hydroxylation sites is 1. The Bertz CT molecular complexity index is 1010. The van der Waals surface area contributed by atoms with Crippen LogP contribution in [0.4, 0.5) is 5.69 Å². The average molecular weight is 434 g/mol. The molecule has 0 spiro atoms. The zero-order valence-corrected chi connectivity index (χ0v) is 19.2. The van der Waals surface area contributed by atoms with Gasteiger partial charge in [-0.15, -0.1) is 0 Å². The zero-order chi connectivity index (χ0) is 22.9. The number of phenolic OH excluding ortho intramolecular Hbond substituents is 1. The number of rotatable bonds is 5. The number of carbonyl (C=O) groups is 1. The third kappa shape index (κ3) is 5.83. The molecule has 0 radical (unpaired) electrons. The lowest BCUT2D eigenvalue weighted by molar-refractivity contribution is -0.116. The number of anilines is 1. The Kier molecular flexibility index (Phi) is 6.69. The van der Waals surface area contributed by atoms with E-state index in [4.69, 9.17) is 0 Å². The maximum absolute atomic E-state index is 12.5. The standard InChI is InChI=1S/C23H31NO5S/c1-22(2,3)16-13-15(14-17(21(16)26)23(4,5)6)11-12-20(25)24-18-9-7-8-10-19(18)30(27,28)29/h7-10,13-14,26H,11-12H2,1-6H3,(H,24,25)(H,27,28,29). The van der Waals surface area contributed by atoms with Crippen LogP contribution in [0.5, 0.6) is 5.75 Å². The summed E-state index contributed by atoms with van der Waals surface area (Å²) < 4.78 is 32.3. The second kappa shape index (κ2) is 8.40. The van der Waals surface area contributed by atoms with Crippen LogP contribution in [0.2, 0.25) is 0 Å². The molecule has 30 heavy (non-hydrogen) atoms. The molecule has 2 aromatic rings. The minimum atomic E-state index is -4.44. The molecule has 0 aliphatic rings. The number of aryl methyl sites for hydroxylation is 1. The summed E-state index contributed by atoms with van der Waals surface area (Å²) in [6.07, 6.45) is 0.546. The van der Waals surface area contributed by atoms with Crippen LogP contribution >= 0.6 is 0 Å². The monoisotopic (exact) mass is 433 g/mol. The van der Waals surface area contributed by atoms with E-state index in [9.17, 15) is 22.9 Å². The zero-order valence-electron chi connectivity index (χ0n) is 18.4. The Morgan fingerprint density at radius 3 is 1.93 bits per heavy atom. The highest BCUT2D eigenvalue weighted by Crippen LogP contribution is 2.40. The van der Waals surface area contributed by atoms with Gasteiger partial charge in [-0.3, -0.25) is 9.35 Å². The van der Waals surface area contributed by atoms with Crippen molar-refractivity contribution in [3.63, 3.8) is 0 Å². The van der Waals surface area contributed by atoms with Gasteiger partial charge in [0.1, 0.15) is 10.6 Å². The van der Waals surface area contributed by atoms with E-state index in [0.717, 1.165) is 16.7 Å². The summed E-state index contributed by atoms with van der Waals surface area (Å²) in [6.45, 7) is 12.2. The van der Waals surface area contributed by atoms with Crippen LogP contribution in [0.3, 0.4) is 0 Å². The molecule has 164 valence electrons. The number of aromatic hydroxyl groups is 1. The van der Waals surface area contributed by atoms with Gasteiger partial charge in [0.05, 0.1) is 5.69 Å². The maximum Gasteiger partial charge on any atom is 0.296 e. The molecule has 6 nitrogen and oxygen atoms in total. The first-order valence-electron chi connectivity index (χ1n) is 9.84. The van der Waals surface area contributed by atoms with Crippen molar-refractivity contribution in [1.29, 1.82) is 0 Å². The summed E-state index contributed by atoms with van der Waals surface area (Å²) in [4.78, 5) is 12.1. The first kappa shape index (κ1) is 23.9. The fourth-order valence-corrected chi connectivity index (χ4v) is 3.89. The number of benzene rings is 2. The van der Waals surface area contributed by atoms with Gasteiger partial charge in [0.25, 0.3) is 10.1 Å². The molecular weight excluding hydrogens is 402 g/mol. The van der Waals surface area contributed by atoms with E-state index >= 15 is 0 Å². The van der Waals surface area contributed by atoms with Gasteiger partial charge in [0.2, 0.25) is 5.91 Å². The lowest BCUT2D eigenvalue weighted by Gasteiger charge is -2.28. The molecule has 0 saturated heterocycles. The molecule has 1 amide bonds. The molecule has 0 saturated carbocycles.